The maximum Gasteiger partial charge on any atom is 0.337 e. The molecule has 1 heterocycles. The number of carboxylic acid groups (broad SMARTS) is 1. The Balaban J connectivity index is 2.17. The fourth-order valence-corrected chi connectivity index (χ4v) is 3.23. The highest BCUT2D eigenvalue weighted by atomic mass is 79.9. The summed E-state index contributed by atoms with van der Waals surface area (Å²) in [6.45, 7) is 0.604. The third kappa shape index (κ3) is 3.34. The molecule has 0 bridgehead atoms. The Hall–Kier alpha value is -0.850. The zero-order chi connectivity index (χ0) is 13.1. The van der Waals surface area contributed by atoms with Crippen LogP contribution in [0.3, 0.4) is 0 Å². The van der Waals surface area contributed by atoms with E-state index in [9.17, 15) is 4.79 Å². The highest BCUT2D eigenvalue weighted by Crippen LogP contribution is 2.24. The smallest absolute Gasteiger partial charge is 0.337 e. The van der Waals surface area contributed by atoms with Crippen LogP contribution in [0, 0.1) is 0 Å². The SMILES string of the molecule is O=C(O)c1ccc(Br)cc1NCc1cc(Br)cs1. The minimum atomic E-state index is -0.933. The predicted molar refractivity (Wildman–Crippen MR) is 80.4 cm³/mol. The van der Waals surface area contributed by atoms with Crippen LogP contribution in [0.2, 0.25) is 0 Å². The second-order valence-electron chi connectivity index (χ2n) is 3.58. The first-order valence-corrected chi connectivity index (χ1v) is 7.52. The van der Waals surface area contributed by atoms with E-state index in [0.29, 0.717) is 12.2 Å². The van der Waals surface area contributed by atoms with Crippen molar-refractivity contribution in [2.45, 2.75) is 6.54 Å². The predicted octanol–water partition coefficient (Wildman–Crippen LogP) is 4.58. The molecule has 0 aliphatic carbocycles. The maximum absolute atomic E-state index is 11.1. The van der Waals surface area contributed by atoms with Crippen molar-refractivity contribution in [1.29, 1.82) is 0 Å². The first-order valence-electron chi connectivity index (χ1n) is 5.06. The van der Waals surface area contributed by atoms with Crippen LogP contribution in [0.5, 0.6) is 0 Å². The first kappa shape index (κ1) is 13.6. The standard InChI is InChI=1S/C12H9Br2NO2S/c13-7-1-2-10(12(16)17)11(4-7)15-5-9-3-8(14)6-18-9/h1-4,6,15H,5H2,(H,16,17). The molecule has 0 atom stereocenters. The number of anilines is 1. The molecule has 0 aliphatic heterocycles. The minimum Gasteiger partial charge on any atom is -0.478 e. The van der Waals surface area contributed by atoms with Gasteiger partial charge >= 0.3 is 5.97 Å². The lowest BCUT2D eigenvalue weighted by Crippen LogP contribution is -2.05. The lowest BCUT2D eigenvalue weighted by molar-refractivity contribution is 0.0698. The quantitative estimate of drug-likeness (QED) is 0.802. The summed E-state index contributed by atoms with van der Waals surface area (Å²) in [6, 6.07) is 7.08. The molecule has 0 radical (unpaired) electrons. The summed E-state index contributed by atoms with van der Waals surface area (Å²) in [5.74, 6) is -0.933. The van der Waals surface area contributed by atoms with Gasteiger partial charge in [0.1, 0.15) is 0 Å². The van der Waals surface area contributed by atoms with E-state index in [2.05, 4.69) is 37.2 Å². The van der Waals surface area contributed by atoms with Gasteiger partial charge in [0.25, 0.3) is 0 Å². The molecule has 0 saturated heterocycles. The van der Waals surface area contributed by atoms with Crippen LogP contribution >= 0.6 is 43.2 Å². The molecule has 0 saturated carbocycles. The number of carbonyl (C=O) groups is 1. The van der Waals surface area contributed by atoms with Gasteiger partial charge in [-0.05, 0) is 40.2 Å². The van der Waals surface area contributed by atoms with E-state index in [4.69, 9.17) is 5.11 Å². The molecule has 0 amide bonds. The van der Waals surface area contributed by atoms with Gasteiger partial charge in [-0.25, -0.2) is 4.79 Å². The van der Waals surface area contributed by atoms with Crippen LogP contribution in [0.25, 0.3) is 0 Å². The Kier molecular flexibility index (Phi) is 4.42. The van der Waals surface area contributed by atoms with E-state index in [1.54, 1.807) is 29.5 Å². The van der Waals surface area contributed by atoms with Crippen molar-refractivity contribution in [1.82, 2.24) is 0 Å². The summed E-state index contributed by atoms with van der Waals surface area (Å²) in [7, 11) is 0. The van der Waals surface area contributed by atoms with Crippen molar-refractivity contribution in [2.24, 2.45) is 0 Å². The van der Waals surface area contributed by atoms with Gasteiger partial charge in [0, 0.05) is 25.7 Å². The summed E-state index contributed by atoms with van der Waals surface area (Å²) >= 11 is 8.35. The summed E-state index contributed by atoms with van der Waals surface area (Å²) < 4.78 is 1.89. The molecule has 0 fully saturated rings. The molecule has 2 rings (SSSR count). The second-order valence-corrected chi connectivity index (χ2v) is 6.41. The largest absolute Gasteiger partial charge is 0.478 e. The number of hydrogen-bond acceptors (Lipinski definition) is 3. The van der Waals surface area contributed by atoms with E-state index in [-0.39, 0.29) is 5.56 Å². The van der Waals surface area contributed by atoms with Crippen molar-refractivity contribution in [3.63, 3.8) is 0 Å². The monoisotopic (exact) mass is 389 g/mol. The number of carboxylic acids is 1. The zero-order valence-electron chi connectivity index (χ0n) is 9.11. The van der Waals surface area contributed by atoms with Crippen molar-refractivity contribution in [3.05, 3.63) is 49.0 Å². The fraction of sp³-hybridized carbons (Fsp3) is 0.0833. The van der Waals surface area contributed by atoms with Gasteiger partial charge in [-0.3, -0.25) is 0 Å². The van der Waals surface area contributed by atoms with Crippen LogP contribution in [-0.2, 0) is 6.54 Å². The van der Waals surface area contributed by atoms with Gasteiger partial charge in [0.2, 0.25) is 0 Å². The highest BCUT2D eigenvalue weighted by Gasteiger charge is 2.10. The average molecular weight is 391 g/mol. The van der Waals surface area contributed by atoms with Gasteiger partial charge < -0.3 is 10.4 Å². The van der Waals surface area contributed by atoms with Gasteiger partial charge in [-0.1, -0.05) is 15.9 Å². The van der Waals surface area contributed by atoms with Gasteiger partial charge in [0.15, 0.2) is 0 Å². The third-order valence-electron chi connectivity index (χ3n) is 2.29. The van der Waals surface area contributed by atoms with Crippen molar-refractivity contribution in [2.75, 3.05) is 5.32 Å². The van der Waals surface area contributed by atoms with E-state index < -0.39 is 5.97 Å². The summed E-state index contributed by atoms with van der Waals surface area (Å²) in [5.41, 5.74) is 0.884. The van der Waals surface area contributed by atoms with Gasteiger partial charge in [0.05, 0.1) is 11.3 Å². The molecule has 2 N–H and O–H groups in total. The number of nitrogens with one attached hydrogen (secondary N) is 1. The van der Waals surface area contributed by atoms with Crippen molar-refractivity contribution >= 4 is 54.9 Å². The van der Waals surface area contributed by atoms with E-state index >= 15 is 0 Å². The second kappa shape index (κ2) is 5.86. The van der Waals surface area contributed by atoms with Crippen LogP contribution < -0.4 is 5.32 Å². The maximum atomic E-state index is 11.1. The van der Waals surface area contributed by atoms with Crippen molar-refractivity contribution < 1.29 is 9.90 Å². The van der Waals surface area contributed by atoms with Crippen LogP contribution in [0.1, 0.15) is 15.2 Å². The number of benzene rings is 1. The molecular weight excluding hydrogens is 382 g/mol. The molecule has 1 aromatic carbocycles. The molecule has 3 nitrogen and oxygen atoms in total. The van der Waals surface area contributed by atoms with Crippen molar-refractivity contribution in [3.8, 4) is 0 Å². The van der Waals surface area contributed by atoms with Crippen LogP contribution in [-0.4, -0.2) is 11.1 Å². The molecular formula is C12H9Br2NO2S. The summed E-state index contributed by atoms with van der Waals surface area (Å²) in [5, 5.41) is 14.2. The Morgan fingerprint density at radius 1 is 1.28 bits per heavy atom. The number of hydrogen-bond donors (Lipinski definition) is 2. The zero-order valence-corrected chi connectivity index (χ0v) is 13.1. The molecule has 94 valence electrons. The number of rotatable bonds is 4. The molecule has 0 aliphatic rings. The van der Waals surface area contributed by atoms with Crippen LogP contribution in [0.15, 0.2) is 38.6 Å². The molecule has 1 aromatic heterocycles. The molecule has 2 aromatic rings. The average Bonchev–Trinajstić information content (AvgIpc) is 2.72. The van der Waals surface area contributed by atoms with Gasteiger partial charge in [-0.15, -0.1) is 11.3 Å². The molecule has 18 heavy (non-hydrogen) atoms. The Labute approximate surface area is 125 Å². The minimum absolute atomic E-state index is 0.272. The lowest BCUT2D eigenvalue weighted by atomic mass is 10.2. The molecule has 0 spiro atoms. The third-order valence-corrected chi connectivity index (χ3v) is 4.48. The normalized spacial score (nSPS) is 10.3. The van der Waals surface area contributed by atoms with Gasteiger partial charge in [-0.2, -0.15) is 0 Å². The van der Waals surface area contributed by atoms with E-state index in [0.717, 1.165) is 13.8 Å². The Bertz CT molecular complexity index is 583. The molecule has 6 heteroatoms. The Morgan fingerprint density at radius 3 is 2.67 bits per heavy atom. The fourth-order valence-electron chi connectivity index (χ4n) is 1.48. The number of aromatic carboxylic acids is 1. The van der Waals surface area contributed by atoms with Crippen LogP contribution in [0.4, 0.5) is 5.69 Å². The van der Waals surface area contributed by atoms with E-state index in [1.807, 2.05) is 11.4 Å². The topological polar surface area (TPSA) is 49.3 Å². The van der Waals surface area contributed by atoms with E-state index in [1.165, 1.54) is 0 Å². The summed E-state index contributed by atoms with van der Waals surface area (Å²) in [4.78, 5) is 12.2. The molecule has 0 unspecified atom stereocenters. The first-order chi connectivity index (χ1) is 8.56. The number of thiophene rings is 1. The number of halogens is 2. The highest BCUT2D eigenvalue weighted by molar-refractivity contribution is 9.10. The lowest BCUT2D eigenvalue weighted by Gasteiger charge is -2.09. The summed E-state index contributed by atoms with van der Waals surface area (Å²) in [6.07, 6.45) is 0. The Morgan fingerprint density at radius 2 is 2.06 bits per heavy atom.